The molecule has 0 spiro atoms. The van der Waals surface area contributed by atoms with E-state index in [1.54, 1.807) is 0 Å². The predicted molar refractivity (Wildman–Crippen MR) is 285 cm³/mol. The fourth-order valence-corrected chi connectivity index (χ4v) is 9.26. The smallest absolute Gasteiger partial charge is 0.143 e. The lowest BCUT2D eigenvalue weighted by Gasteiger charge is -2.29. The van der Waals surface area contributed by atoms with Gasteiger partial charge in [0.25, 0.3) is 0 Å². The van der Waals surface area contributed by atoms with E-state index in [1.807, 2.05) is 0 Å². The van der Waals surface area contributed by atoms with Gasteiger partial charge in [0.1, 0.15) is 22.3 Å². The number of para-hydroxylation sites is 2. The van der Waals surface area contributed by atoms with E-state index in [0.717, 1.165) is 0 Å². The number of fused-ring (bicyclic) bond motifs is 11. The molecule has 2 unspecified atom stereocenters. The molecule has 68 heavy (non-hydrogen) atoms. The fraction of sp³-hybridized carbons (Fsp3) is 0.0312. The molecule has 3 nitrogen and oxygen atoms in total. The first-order valence-corrected chi connectivity index (χ1v) is 20.9. The second kappa shape index (κ2) is 15.7. The first-order chi connectivity index (χ1) is 50.0. The van der Waals surface area contributed by atoms with Crippen LogP contribution >= 0.6 is 11.8 Å². The average Bonchev–Trinajstić information content (AvgIpc) is 1.64. The molecule has 0 N–H and O–H groups in total. The highest BCUT2D eigenvalue weighted by molar-refractivity contribution is 8.03. The zero-order valence-corrected chi connectivity index (χ0v) is 34.6. The first-order valence-electron chi connectivity index (χ1n) is 39.7. The van der Waals surface area contributed by atoms with Gasteiger partial charge in [0, 0.05) is 66.5 Å². The fourth-order valence-electron chi connectivity index (χ4n) is 8.08. The van der Waals surface area contributed by atoms with E-state index in [1.165, 1.54) is 0 Å². The van der Waals surface area contributed by atoms with Gasteiger partial charge in [0.2, 0.25) is 0 Å². The number of furan rings is 2. The Balaban J connectivity index is 1.23. The van der Waals surface area contributed by atoms with Crippen molar-refractivity contribution < 1.29 is 62.3 Å². The van der Waals surface area contributed by atoms with Gasteiger partial charge in [-0.05, 0) is 111 Å². The Kier molecular flexibility index (Phi) is 3.80. The van der Waals surface area contributed by atoms with Gasteiger partial charge in [0.05, 0.1) is 57.8 Å². The van der Waals surface area contributed by atoms with Crippen molar-refractivity contribution in [3.63, 3.8) is 0 Å². The highest BCUT2D eigenvalue weighted by Gasteiger charge is 2.32. The number of hydrogen-bond donors (Lipinski definition) is 0. The minimum atomic E-state index is -1.85. The maximum absolute atomic E-state index is 10.6. The standard InChI is InChI=1S/C64H41NO2S/c1-2-13-40(14-3-1)41-27-32-46(33-28-41)65(47-34-29-43(30-35-47)49-21-11-23-53-51-19-6-8-25-57(51)66-62(49)53)56-37-38-58-61(55-36-31-42-15-4-5-18-48(42)63(55)67-58)60(56)45-17-10-16-44(39-45)50-22-12-24-54-52-20-7-9-26-59(52)68-64(50)54/h1-23,25-39,54H,24H2/i1D,2D,3D,4D,5D,6D,7D,8D,9D,10D,11D,12D,13D,14D,15D,16D,17D,18D,19D,20D,21D,22D,23D,24D,25D,26D,27D,28D,29D,30D,31D,32D,33D,34D,35D,36D,37D,38D,39D. The molecule has 2 atom stereocenters. The molecule has 0 bridgehead atoms. The number of nitrogens with zero attached hydrogens (tertiary/aromatic N) is 1. The number of hydrogen-bond acceptors (Lipinski definition) is 4. The Morgan fingerprint density at radius 3 is 2.04 bits per heavy atom. The number of allylic oxidation sites excluding steroid dienone is 4. The number of anilines is 3. The minimum absolute atomic E-state index is 0.226. The summed E-state index contributed by atoms with van der Waals surface area (Å²) in [5, 5.41) is -4.25. The van der Waals surface area contributed by atoms with Crippen LogP contribution in [0.4, 0.5) is 17.1 Å². The molecule has 0 fully saturated rings. The van der Waals surface area contributed by atoms with Crippen molar-refractivity contribution in [2.45, 2.75) is 17.2 Å². The molecule has 14 rings (SSSR count). The number of thioether (sulfide) groups is 1. The van der Waals surface area contributed by atoms with Gasteiger partial charge >= 0.3 is 0 Å². The van der Waals surface area contributed by atoms with Crippen molar-refractivity contribution in [1.29, 1.82) is 0 Å². The van der Waals surface area contributed by atoms with E-state index in [4.69, 9.17) is 33.5 Å². The first kappa shape index (κ1) is 16.5. The van der Waals surface area contributed by atoms with Crippen LogP contribution in [0.3, 0.4) is 0 Å². The molecule has 0 saturated heterocycles. The molecular weight excluding hydrogens is 847 g/mol. The van der Waals surface area contributed by atoms with Crippen LogP contribution < -0.4 is 4.90 Å². The zero-order chi connectivity index (χ0) is 78.6. The summed E-state index contributed by atoms with van der Waals surface area (Å²) in [6.07, 6.45) is -1.85. The molecule has 1 aliphatic heterocycles. The third-order valence-electron chi connectivity index (χ3n) is 11.1. The summed E-state index contributed by atoms with van der Waals surface area (Å²) in [6.45, 7) is 0. The summed E-state index contributed by atoms with van der Waals surface area (Å²) < 4.78 is 376. The normalized spacial score (nSPS) is 23.8. The highest BCUT2D eigenvalue weighted by Crippen LogP contribution is 2.55. The SMILES string of the molecule is [2H]C1=C([2H])C([2H])C2C(=C1c1c([2H])c([2H])c([2H])c(-c3c(N(c4c([2H])c([2H])c(-c5c([2H])c([2H])c([2H])c([2H])c5[2H])c([2H])c4[2H])c4c([2H])c([2H])c(-c5c([2H])c([2H])c([2H])c6c5oc5c([2H])c([2H])c([2H])c([2H])c56)c([2H])c4[2H])c([2H])c([2H])c4oc5c6c([2H])c([2H])c([2H])c([2H])c6c([2H])c([2H])c5c34)c1[2H])Sc1c([2H])c([2H])c([2H])c([2H])c12. The second-order valence-electron chi connectivity index (χ2n) is 14.8. The van der Waals surface area contributed by atoms with Crippen molar-refractivity contribution in [2.24, 2.45) is 0 Å². The predicted octanol–water partition coefficient (Wildman–Crippen LogP) is 18.7. The maximum Gasteiger partial charge on any atom is 0.143 e. The van der Waals surface area contributed by atoms with Gasteiger partial charge in [-0.1, -0.05) is 181 Å². The van der Waals surface area contributed by atoms with Gasteiger partial charge in [-0.3, -0.25) is 0 Å². The third kappa shape index (κ3) is 6.22. The quantitative estimate of drug-likeness (QED) is 0.159. The van der Waals surface area contributed by atoms with Crippen LogP contribution in [0.15, 0.2) is 248 Å². The van der Waals surface area contributed by atoms with E-state index in [2.05, 4.69) is 0 Å². The van der Waals surface area contributed by atoms with Crippen molar-refractivity contribution in [2.75, 3.05) is 4.90 Å². The topological polar surface area (TPSA) is 29.5 Å². The van der Waals surface area contributed by atoms with Gasteiger partial charge in [-0.2, -0.15) is 0 Å². The van der Waals surface area contributed by atoms with Crippen LogP contribution in [0, 0.1) is 0 Å². The Bertz CT molecular complexity index is 6290. The van der Waals surface area contributed by atoms with Crippen molar-refractivity contribution >= 4 is 89.0 Å². The van der Waals surface area contributed by atoms with Crippen molar-refractivity contribution in [3.8, 4) is 33.4 Å². The molecule has 0 saturated carbocycles. The molecule has 12 aromatic rings. The van der Waals surface area contributed by atoms with Crippen LogP contribution in [0.1, 0.15) is 76.9 Å². The Hall–Kier alpha value is -8.31. The summed E-state index contributed by atoms with van der Waals surface area (Å²) in [4.78, 5) is -0.261. The lowest BCUT2D eigenvalue weighted by molar-refractivity contribution is 0.670. The zero-order valence-electron chi connectivity index (χ0n) is 72.8. The van der Waals surface area contributed by atoms with Crippen LogP contribution in [-0.4, -0.2) is 0 Å². The molecule has 2 aliphatic rings. The Morgan fingerprint density at radius 2 is 1.18 bits per heavy atom. The monoisotopic (exact) mass is 927 g/mol. The average molecular weight is 927 g/mol. The van der Waals surface area contributed by atoms with Crippen LogP contribution in [0.25, 0.3) is 93.6 Å². The maximum atomic E-state index is 10.6. The molecular formula is C64H41NO2S. The number of benzene rings is 10. The van der Waals surface area contributed by atoms with E-state index in [0.29, 0.717) is 11.8 Å². The van der Waals surface area contributed by atoms with E-state index >= 15 is 0 Å². The van der Waals surface area contributed by atoms with Gasteiger partial charge in [0.15, 0.2) is 0 Å². The van der Waals surface area contributed by atoms with Crippen LogP contribution in [0.5, 0.6) is 0 Å². The largest absolute Gasteiger partial charge is 0.455 e. The molecule has 0 amide bonds. The molecule has 2 aromatic heterocycles. The van der Waals surface area contributed by atoms with Crippen LogP contribution in [0.2, 0.25) is 0 Å². The summed E-state index contributed by atoms with van der Waals surface area (Å²) in [5.41, 5.74) is -15.4. The molecule has 10 aromatic carbocycles. The molecule has 320 valence electrons. The van der Waals surface area contributed by atoms with Crippen molar-refractivity contribution in [3.05, 3.63) is 246 Å². The highest BCUT2D eigenvalue weighted by atomic mass is 32.2. The Labute approximate surface area is 452 Å². The molecule has 3 heterocycles. The summed E-state index contributed by atoms with van der Waals surface area (Å²) in [6, 6.07) is -41.1. The molecule has 4 heteroatoms. The summed E-state index contributed by atoms with van der Waals surface area (Å²) in [7, 11) is 0. The molecule has 0 radical (unpaired) electrons. The second-order valence-corrected chi connectivity index (χ2v) is 15.8. The number of rotatable bonds is 7. The van der Waals surface area contributed by atoms with E-state index in [9.17, 15) is 28.8 Å². The summed E-state index contributed by atoms with van der Waals surface area (Å²) >= 11 is 0.542. The summed E-state index contributed by atoms with van der Waals surface area (Å²) in [5.74, 6) is -1.61. The van der Waals surface area contributed by atoms with Crippen LogP contribution in [-0.2, 0) is 0 Å². The minimum Gasteiger partial charge on any atom is -0.455 e. The van der Waals surface area contributed by atoms with E-state index < -0.39 is 358 Å². The lowest BCUT2D eigenvalue weighted by atomic mass is 9.86. The van der Waals surface area contributed by atoms with Gasteiger partial charge < -0.3 is 13.7 Å². The van der Waals surface area contributed by atoms with Crippen molar-refractivity contribution in [1.82, 2.24) is 0 Å². The third-order valence-corrected chi connectivity index (χ3v) is 12.3. The van der Waals surface area contributed by atoms with Gasteiger partial charge in [-0.25, -0.2) is 0 Å². The van der Waals surface area contributed by atoms with E-state index in [-0.39, 0.29) is 20.3 Å². The van der Waals surface area contributed by atoms with Gasteiger partial charge in [-0.15, -0.1) is 0 Å². The molecule has 1 aliphatic carbocycles. The lowest BCUT2D eigenvalue weighted by Crippen LogP contribution is -2.11. The Morgan fingerprint density at radius 1 is 0.500 bits per heavy atom.